The summed E-state index contributed by atoms with van der Waals surface area (Å²) in [6.45, 7) is 2.75. The van der Waals surface area contributed by atoms with E-state index in [1.165, 1.54) is 4.90 Å². The molecular weight excluding hydrogens is 246 g/mol. The van der Waals surface area contributed by atoms with Gasteiger partial charge in [0.05, 0.1) is 12.6 Å². The maximum absolute atomic E-state index is 11.7. The summed E-state index contributed by atoms with van der Waals surface area (Å²) < 4.78 is 4.88. The molecule has 0 radical (unpaired) electrons. The number of nitrogens with one attached hydrogen (secondary N) is 1. The fourth-order valence-corrected chi connectivity index (χ4v) is 1.80. The third-order valence-corrected chi connectivity index (χ3v) is 2.96. The molecule has 1 heterocycles. The Bertz CT molecular complexity index is 490. The molecule has 0 aliphatic carbocycles. The number of carbonyl (C=O) groups is 2. The van der Waals surface area contributed by atoms with Gasteiger partial charge in [-0.25, -0.2) is 4.79 Å². The van der Waals surface area contributed by atoms with E-state index in [9.17, 15) is 9.59 Å². The standard InChI is InChI=1S/C13H17N3O3/c1-2-11(14)12(17)15-9-4-3-5-10(8-9)16-6-7-19-13(16)18/h3-5,8,11H,2,6-7,14H2,1H3,(H,15,17)/t11-/m0/s1. The fourth-order valence-electron chi connectivity index (χ4n) is 1.80. The average Bonchev–Trinajstić information content (AvgIpc) is 2.84. The highest BCUT2D eigenvalue weighted by atomic mass is 16.6. The molecule has 1 fully saturated rings. The number of anilines is 2. The number of nitrogens with two attached hydrogens (primary N) is 1. The van der Waals surface area contributed by atoms with Crippen LogP contribution in [-0.4, -0.2) is 31.2 Å². The molecule has 3 N–H and O–H groups in total. The van der Waals surface area contributed by atoms with Crippen LogP contribution in [0, 0.1) is 0 Å². The number of cyclic esters (lactones) is 1. The minimum atomic E-state index is -0.527. The largest absolute Gasteiger partial charge is 0.447 e. The molecule has 1 aliphatic rings. The van der Waals surface area contributed by atoms with Gasteiger partial charge < -0.3 is 15.8 Å². The summed E-state index contributed by atoms with van der Waals surface area (Å²) in [7, 11) is 0. The maximum atomic E-state index is 11.7. The quantitative estimate of drug-likeness (QED) is 0.858. The van der Waals surface area contributed by atoms with Crippen molar-refractivity contribution in [2.45, 2.75) is 19.4 Å². The summed E-state index contributed by atoms with van der Waals surface area (Å²) in [5.74, 6) is -0.233. The van der Waals surface area contributed by atoms with Gasteiger partial charge in [-0.1, -0.05) is 13.0 Å². The summed E-state index contributed by atoms with van der Waals surface area (Å²) in [6, 6.07) is 6.52. The van der Waals surface area contributed by atoms with Crippen molar-refractivity contribution in [3.63, 3.8) is 0 Å². The Kier molecular flexibility index (Phi) is 4.01. The number of ether oxygens (including phenoxy) is 1. The second kappa shape index (κ2) is 5.71. The van der Waals surface area contributed by atoms with E-state index in [1.807, 2.05) is 6.92 Å². The molecule has 1 aromatic carbocycles. The van der Waals surface area contributed by atoms with Crippen LogP contribution in [0.3, 0.4) is 0 Å². The Labute approximate surface area is 111 Å². The molecule has 1 atom stereocenters. The summed E-state index contributed by atoms with van der Waals surface area (Å²) in [5.41, 5.74) is 6.97. The Hall–Kier alpha value is -2.08. The maximum Gasteiger partial charge on any atom is 0.414 e. The van der Waals surface area contributed by atoms with Crippen LogP contribution < -0.4 is 16.0 Å². The average molecular weight is 263 g/mol. The second-order valence-corrected chi connectivity index (χ2v) is 4.32. The Balaban J connectivity index is 2.11. The molecule has 6 nitrogen and oxygen atoms in total. The summed E-state index contributed by atoms with van der Waals surface area (Å²) >= 11 is 0. The molecule has 0 unspecified atom stereocenters. The highest BCUT2D eigenvalue weighted by Crippen LogP contribution is 2.22. The summed E-state index contributed by atoms with van der Waals surface area (Å²) in [4.78, 5) is 24.7. The van der Waals surface area contributed by atoms with Gasteiger partial charge in [-0.3, -0.25) is 9.69 Å². The first-order chi connectivity index (χ1) is 9.11. The van der Waals surface area contributed by atoms with Crippen molar-refractivity contribution in [3.8, 4) is 0 Å². The molecule has 1 saturated heterocycles. The normalized spacial score (nSPS) is 16.1. The molecule has 2 rings (SSSR count). The van der Waals surface area contributed by atoms with Gasteiger partial charge in [-0.05, 0) is 24.6 Å². The predicted molar refractivity (Wildman–Crippen MR) is 72.0 cm³/mol. The van der Waals surface area contributed by atoms with E-state index >= 15 is 0 Å². The van der Waals surface area contributed by atoms with E-state index in [-0.39, 0.29) is 12.0 Å². The van der Waals surface area contributed by atoms with Crippen molar-refractivity contribution >= 4 is 23.4 Å². The Morgan fingerprint density at radius 2 is 2.37 bits per heavy atom. The lowest BCUT2D eigenvalue weighted by atomic mass is 10.2. The highest BCUT2D eigenvalue weighted by Gasteiger charge is 2.23. The Morgan fingerprint density at radius 3 is 3.00 bits per heavy atom. The van der Waals surface area contributed by atoms with Crippen LogP contribution in [0.25, 0.3) is 0 Å². The van der Waals surface area contributed by atoms with Crippen molar-refractivity contribution in [3.05, 3.63) is 24.3 Å². The lowest BCUT2D eigenvalue weighted by Crippen LogP contribution is -2.34. The van der Waals surface area contributed by atoms with Crippen LogP contribution in [-0.2, 0) is 9.53 Å². The SMILES string of the molecule is CC[C@H](N)C(=O)Nc1cccc(N2CCOC2=O)c1. The molecule has 1 aliphatic heterocycles. The third-order valence-electron chi connectivity index (χ3n) is 2.96. The molecule has 0 spiro atoms. The first-order valence-electron chi connectivity index (χ1n) is 6.22. The number of hydrogen-bond acceptors (Lipinski definition) is 4. The molecule has 0 aromatic heterocycles. The van der Waals surface area contributed by atoms with Crippen molar-refractivity contribution in [1.29, 1.82) is 0 Å². The molecule has 1 aromatic rings. The van der Waals surface area contributed by atoms with Gasteiger partial charge in [0.2, 0.25) is 5.91 Å². The third kappa shape index (κ3) is 3.03. The monoisotopic (exact) mass is 263 g/mol. The molecule has 2 amide bonds. The number of carbonyl (C=O) groups excluding carboxylic acids is 2. The summed E-state index contributed by atoms with van der Waals surface area (Å²) in [6.07, 6.45) is 0.206. The van der Waals surface area contributed by atoms with E-state index in [4.69, 9.17) is 10.5 Å². The number of hydrogen-bond donors (Lipinski definition) is 2. The second-order valence-electron chi connectivity index (χ2n) is 4.32. The summed E-state index contributed by atoms with van der Waals surface area (Å²) in [5, 5.41) is 2.73. The van der Waals surface area contributed by atoms with Crippen LogP contribution in [0.4, 0.5) is 16.2 Å². The van der Waals surface area contributed by atoms with Gasteiger partial charge in [0.15, 0.2) is 0 Å². The van der Waals surface area contributed by atoms with Gasteiger partial charge in [-0.15, -0.1) is 0 Å². The zero-order valence-corrected chi connectivity index (χ0v) is 10.8. The van der Waals surface area contributed by atoms with Gasteiger partial charge in [0, 0.05) is 11.4 Å². The zero-order chi connectivity index (χ0) is 13.8. The lowest BCUT2D eigenvalue weighted by Gasteiger charge is -2.15. The van der Waals surface area contributed by atoms with Crippen LogP contribution >= 0.6 is 0 Å². The smallest absolute Gasteiger partial charge is 0.414 e. The number of benzene rings is 1. The van der Waals surface area contributed by atoms with Crippen molar-refractivity contribution in [2.75, 3.05) is 23.4 Å². The van der Waals surface area contributed by atoms with Crippen molar-refractivity contribution in [1.82, 2.24) is 0 Å². The lowest BCUT2D eigenvalue weighted by molar-refractivity contribution is -0.117. The molecule has 0 saturated carbocycles. The van der Waals surface area contributed by atoms with Gasteiger partial charge in [-0.2, -0.15) is 0 Å². The van der Waals surface area contributed by atoms with E-state index in [1.54, 1.807) is 24.3 Å². The van der Waals surface area contributed by atoms with E-state index < -0.39 is 6.04 Å². The van der Waals surface area contributed by atoms with Crippen LogP contribution in [0.5, 0.6) is 0 Å². The van der Waals surface area contributed by atoms with E-state index in [2.05, 4.69) is 5.32 Å². The van der Waals surface area contributed by atoms with Gasteiger partial charge in [0.1, 0.15) is 6.61 Å². The van der Waals surface area contributed by atoms with Gasteiger partial charge >= 0.3 is 6.09 Å². The molecule has 6 heteroatoms. The first-order valence-corrected chi connectivity index (χ1v) is 6.22. The molecule has 0 bridgehead atoms. The fraction of sp³-hybridized carbons (Fsp3) is 0.385. The van der Waals surface area contributed by atoms with Crippen molar-refractivity contribution in [2.24, 2.45) is 5.73 Å². The number of nitrogens with zero attached hydrogens (tertiary/aromatic N) is 1. The topological polar surface area (TPSA) is 84.7 Å². The zero-order valence-electron chi connectivity index (χ0n) is 10.8. The number of rotatable bonds is 4. The Morgan fingerprint density at radius 1 is 1.58 bits per heavy atom. The first kappa shape index (κ1) is 13.4. The van der Waals surface area contributed by atoms with Crippen LogP contribution in [0.2, 0.25) is 0 Å². The van der Waals surface area contributed by atoms with Gasteiger partial charge in [0.25, 0.3) is 0 Å². The van der Waals surface area contributed by atoms with Crippen molar-refractivity contribution < 1.29 is 14.3 Å². The minimum absolute atomic E-state index is 0.233. The van der Waals surface area contributed by atoms with E-state index in [0.29, 0.717) is 30.9 Å². The molecule has 19 heavy (non-hydrogen) atoms. The molecule has 102 valence electrons. The van der Waals surface area contributed by atoms with Crippen LogP contribution in [0.1, 0.15) is 13.3 Å². The molecular formula is C13H17N3O3. The highest BCUT2D eigenvalue weighted by molar-refractivity contribution is 5.96. The van der Waals surface area contributed by atoms with E-state index in [0.717, 1.165) is 0 Å². The predicted octanol–water partition coefficient (Wildman–Crippen LogP) is 1.32. The minimum Gasteiger partial charge on any atom is -0.447 e. The van der Waals surface area contributed by atoms with Crippen LogP contribution in [0.15, 0.2) is 24.3 Å². The number of amides is 2.